The molecular formula is C30H50N4O12. The Morgan fingerprint density at radius 1 is 0.696 bits per heavy atom. The van der Waals surface area contributed by atoms with Crippen molar-refractivity contribution in [2.24, 2.45) is 11.8 Å². The zero-order chi connectivity index (χ0) is 34.3. The minimum atomic E-state index is -1.34. The van der Waals surface area contributed by atoms with E-state index in [1.54, 1.807) is 0 Å². The first-order chi connectivity index (χ1) is 21.9. The van der Waals surface area contributed by atoms with Gasteiger partial charge in [-0.3, -0.25) is 28.8 Å². The third-order valence-corrected chi connectivity index (χ3v) is 7.44. The molecule has 1 fully saturated rings. The van der Waals surface area contributed by atoms with Crippen LogP contribution in [0.4, 0.5) is 0 Å². The first kappa shape index (κ1) is 40.2. The van der Waals surface area contributed by atoms with Crippen LogP contribution in [-0.2, 0) is 43.0 Å². The van der Waals surface area contributed by atoms with Crippen LogP contribution in [0.3, 0.4) is 0 Å². The molecule has 0 unspecified atom stereocenters. The number of nitrogens with one attached hydrogen (secondary N) is 4. The summed E-state index contributed by atoms with van der Waals surface area (Å²) in [5.41, 5.74) is 0. The topological polar surface area (TPSA) is 247 Å². The van der Waals surface area contributed by atoms with Crippen LogP contribution in [-0.4, -0.2) is 108 Å². The van der Waals surface area contributed by atoms with E-state index in [1.165, 1.54) is 0 Å². The van der Waals surface area contributed by atoms with Gasteiger partial charge in [0.15, 0.2) is 0 Å². The second-order valence-electron chi connectivity index (χ2n) is 11.3. The monoisotopic (exact) mass is 658 g/mol. The molecule has 0 heterocycles. The first-order valence-electron chi connectivity index (χ1n) is 15.9. The number of carbonyl (C=O) groups excluding carboxylic acids is 4. The zero-order valence-electron chi connectivity index (χ0n) is 26.6. The van der Waals surface area contributed by atoms with Gasteiger partial charge >= 0.3 is 17.9 Å². The molecule has 0 bridgehead atoms. The lowest BCUT2D eigenvalue weighted by molar-refractivity contribution is -0.143. The molecule has 262 valence electrons. The van der Waals surface area contributed by atoms with Gasteiger partial charge in [-0.1, -0.05) is 6.92 Å². The molecule has 0 radical (unpaired) electrons. The maximum atomic E-state index is 12.8. The molecule has 7 N–H and O–H groups in total. The predicted molar refractivity (Wildman–Crippen MR) is 162 cm³/mol. The molecule has 1 aliphatic rings. The summed E-state index contributed by atoms with van der Waals surface area (Å²) < 4.78 is 10.6. The number of hydrogen-bond acceptors (Lipinski definition) is 9. The van der Waals surface area contributed by atoms with Crippen LogP contribution in [0.15, 0.2) is 0 Å². The molecule has 1 rings (SSSR count). The van der Waals surface area contributed by atoms with Crippen LogP contribution in [0.1, 0.15) is 84.0 Å². The van der Waals surface area contributed by atoms with Gasteiger partial charge in [-0.25, -0.2) is 4.79 Å². The van der Waals surface area contributed by atoms with Crippen molar-refractivity contribution < 1.29 is 58.4 Å². The van der Waals surface area contributed by atoms with Crippen molar-refractivity contribution in [2.45, 2.75) is 96.1 Å². The minimum absolute atomic E-state index is 0.0767. The summed E-state index contributed by atoms with van der Waals surface area (Å²) in [6.45, 7) is 4.10. The Hall–Kier alpha value is -3.79. The Balaban J connectivity index is 2.48. The fraction of sp³-hybridized carbons (Fsp3) is 0.767. The van der Waals surface area contributed by atoms with Gasteiger partial charge in [0.2, 0.25) is 23.6 Å². The molecule has 2 atom stereocenters. The minimum Gasteiger partial charge on any atom is -0.481 e. The van der Waals surface area contributed by atoms with Crippen LogP contribution in [0.2, 0.25) is 0 Å². The highest BCUT2D eigenvalue weighted by Crippen LogP contribution is 2.28. The summed E-state index contributed by atoms with van der Waals surface area (Å²) in [6.07, 6.45) is 2.36. The summed E-state index contributed by atoms with van der Waals surface area (Å²) in [7, 11) is 0. The Bertz CT molecular complexity index is 1000. The maximum Gasteiger partial charge on any atom is 0.326 e. The van der Waals surface area contributed by atoms with Crippen LogP contribution in [0.5, 0.6) is 0 Å². The van der Waals surface area contributed by atoms with Crippen molar-refractivity contribution in [3.8, 4) is 0 Å². The van der Waals surface area contributed by atoms with Crippen molar-refractivity contribution in [3.05, 3.63) is 0 Å². The number of rotatable bonds is 25. The third-order valence-electron chi connectivity index (χ3n) is 7.44. The molecule has 1 aliphatic carbocycles. The predicted octanol–water partition coefficient (Wildman–Crippen LogP) is 0.423. The number of amides is 4. The lowest BCUT2D eigenvalue weighted by atomic mass is 9.81. The van der Waals surface area contributed by atoms with Crippen molar-refractivity contribution in [1.29, 1.82) is 0 Å². The van der Waals surface area contributed by atoms with Gasteiger partial charge in [-0.05, 0) is 57.3 Å². The molecule has 0 aromatic carbocycles. The molecule has 0 aromatic heterocycles. The Morgan fingerprint density at radius 2 is 1.33 bits per heavy atom. The molecule has 0 spiro atoms. The summed E-state index contributed by atoms with van der Waals surface area (Å²) in [5, 5.41) is 37.7. The zero-order valence-corrected chi connectivity index (χ0v) is 26.6. The SMILES string of the molecule is CCCOCCOCCNC(=O)[C@H](CCC(=O)O)NC(=O)CC[C@H](NC(=O)[C@H]1CC[C@@H](CNC(=O)CCCC(=O)O)CC1)C(=O)O. The van der Waals surface area contributed by atoms with Gasteiger partial charge in [-0.2, -0.15) is 0 Å². The molecule has 46 heavy (non-hydrogen) atoms. The summed E-state index contributed by atoms with van der Waals surface area (Å²) in [5.74, 6) is -5.63. The van der Waals surface area contributed by atoms with Gasteiger partial charge in [0.05, 0.1) is 19.8 Å². The Labute approximate surface area is 268 Å². The molecular weight excluding hydrogens is 608 g/mol. The summed E-state index contributed by atoms with van der Waals surface area (Å²) in [6, 6.07) is -2.50. The number of carbonyl (C=O) groups is 7. The fourth-order valence-electron chi connectivity index (χ4n) is 4.84. The van der Waals surface area contributed by atoms with Gasteiger partial charge in [0, 0.05) is 51.3 Å². The first-order valence-corrected chi connectivity index (χ1v) is 15.9. The fourth-order valence-corrected chi connectivity index (χ4v) is 4.84. The number of ether oxygens (including phenoxy) is 2. The average molecular weight is 659 g/mol. The van der Waals surface area contributed by atoms with Gasteiger partial charge < -0.3 is 46.1 Å². The normalized spacial score (nSPS) is 17.2. The molecule has 0 aromatic rings. The van der Waals surface area contributed by atoms with Crippen LogP contribution < -0.4 is 21.3 Å². The molecule has 16 nitrogen and oxygen atoms in total. The molecule has 16 heteroatoms. The lowest BCUT2D eigenvalue weighted by Gasteiger charge is -2.28. The lowest BCUT2D eigenvalue weighted by Crippen LogP contribution is -2.48. The standard InChI is InChI=1S/C30H50N4O12/c1-2-15-45-17-18-46-16-14-31-29(42)22(11-13-27(39)40)33-25(36)12-10-23(30(43)44)34-28(41)21-8-6-20(7-9-21)19-32-24(35)4-3-5-26(37)38/h20-23H,2-19H2,1H3,(H,31,42)(H,32,35)(H,33,36)(H,34,41)(H,37,38)(H,39,40)(H,43,44)/t20-,21+,22-,23-/m0/s1. The van der Waals surface area contributed by atoms with E-state index in [2.05, 4.69) is 21.3 Å². The van der Waals surface area contributed by atoms with E-state index in [9.17, 15) is 38.7 Å². The molecule has 0 aliphatic heterocycles. The van der Waals surface area contributed by atoms with Crippen molar-refractivity contribution in [2.75, 3.05) is 39.5 Å². The summed E-state index contributed by atoms with van der Waals surface area (Å²) >= 11 is 0. The average Bonchev–Trinajstić information content (AvgIpc) is 3.01. The summed E-state index contributed by atoms with van der Waals surface area (Å²) in [4.78, 5) is 83.4. The van der Waals surface area contributed by atoms with Gasteiger partial charge in [0.1, 0.15) is 12.1 Å². The van der Waals surface area contributed by atoms with Crippen LogP contribution >= 0.6 is 0 Å². The number of aliphatic carboxylic acids is 3. The van der Waals surface area contributed by atoms with E-state index in [4.69, 9.17) is 19.7 Å². The van der Waals surface area contributed by atoms with E-state index in [0.29, 0.717) is 52.0 Å². The van der Waals surface area contributed by atoms with E-state index < -0.39 is 53.6 Å². The van der Waals surface area contributed by atoms with E-state index in [-0.39, 0.29) is 69.9 Å². The second kappa shape index (κ2) is 23.5. The smallest absolute Gasteiger partial charge is 0.326 e. The van der Waals surface area contributed by atoms with E-state index >= 15 is 0 Å². The highest BCUT2D eigenvalue weighted by Gasteiger charge is 2.30. The maximum absolute atomic E-state index is 12.8. The molecule has 0 saturated heterocycles. The van der Waals surface area contributed by atoms with Crippen LogP contribution in [0.25, 0.3) is 0 Å². The largest absolute Gasteiger partial charge is 0.481 e. The Morgan fingerprint density at radius 3 is 1.93 bits per heavy atom. The van der Waals surface area contributed by atoms with Crippen LogP contribution in [0, 0.1) is 11.8 Å². The van der Waals surface area contributed by atoms with E-state index in [0.717, 1.165) is 6.42 Å². The molecule has 1 saturated carbocycles. The molecule has 4 amide bonds. The number of hydrogen-bond donors (Lipinski definition) is 7. The highest BCUT2D eigenvalue weighted by molar-refractivity contribution is 5.89. The van der Waals surface area contributed by atoms with Gasteiger partial charge in [0.25, 0.3) is 0 Å². The van der Waals surface area contributed by atoms with Crippen molar-refractivity contribution in [1.82, 2.24) is 21.3 Å². The second-order valence-corrected chi connectivity index (χ2v) is 11.3. The third kappa shape index (κ3) is 18.9. The van der Waals surface area contributed by atoms with E-state index in [1.807, 2.05) is 6.92 Å². The highest BCUT2D eigenvalue weighted by atomic mass is 16.5. The Kier molecular flexibility index (Phi) is 20.6. The quantitative estimate of drug-likeness (QED) is 0.0660. The van der Waals surface area contributed by atoms with Crippen molar-refractivity contribution in [3.63, 3.8) is 0 Å². The van der Waals surface area contributed by atoms with Crippen molar-refractivity contribution >= 4 is 41.5 Å². The van der Waals surface area contributed by atoms with Gasteiger partial charge in [-0.15, -0.1) is 0 Å². The number of carboxylic acid groups (broad SMARTS) is 3. The number of carboxylic acids is 3.